The van der Waals surface area contributed by atoms with Crippen LogP contribution >= 0.6 is 0 Å². The number of benzene rings is 2. The molecular weight excluding hydrogens is 366 g/mol. The van der Waals surface area contributed by atoms with Crippen LogP contribution in [0.5, 0.6) is 28.7 Å². The van der Waals surface area contributed by atoms with E-state index in [-0.39, 0.29) is 6.61 Å². The lowest BCUT2D eigenvalue weighted by Crippen LogP contribution is -2.25. The Morgan fingerprint density at radius 1 is 0.821 bits per heavy atom. The van der Waals surface area contributed by atoms with Gasteiger partial charge in [-0.05, 0) is 48.2 Å². The lowest BCUT2D eigenvalue weighted by Gasteiger charge is -2.15. The second kappa shape index (κ2) is 10.3. The molecule has 0 fully saturated rings. The number of nitrogens with one attached hydrogen (secondary N) is 1. The number of rotatable bonds is 10. The van der Waals surface area contributed by atoms with Crippen molar-refractivity contribution in [3.8, 4) is 28.7 Å². The number of hydrogen-bond donors (Lipinski definition) is 2. The maximum absolute atomic E-state index is 11.2. The Bertz CT molecular complexity index is 782. The standard InChI is InChI=1S/C20H25NO7/c1-24-15-8-7-13(9-16(15)28-12-19(22)21-23)5-6-14-10-17(25-2)20(27-4)18(11-14)26-3/h7-11,23H,5-6,12H2,1-4H3,(H,21,22). The highest BCUT2D eigenvalue weighted by Crippen LogP contribution is 2.38. The number of ether oxygens (including phenoxy) is 5. The molecule has 0 spiro atoms. The van der Waals surface area contributed by atoms with Crippen LogP contribution in [-0.4, -0.2) is 46.2 Å². The first-order valence-electron chi connectivity index (χ1n) is 8.57. The van der Waals surface area contributed by atoms with Gasteiger partial charge in [0, 0.05) is 0 Å². The zero-order valence-corrected chi connectivity index (χ0v) is 16.4. The molecule has 0 saturated heterocycles. The number of amides is 1. The highest BCUT2D eigenvalue weighted by Gasteiger charge is 2.14. The van der Waals surface area contributed by atoms with Crippen LogP contribution < -0.4 is 29.2 Å². The normalized spacial score (nSPS) is 10.2. The summed E-state index contributed by atoms with van der Waals surface area (Å²) in [6.07, 6.45) is 1.44. The molecule has 2 N–H and O–H groups in total. The quantitative estimate of drug-likeness (QED) is 0.474. The minimum Gasteiger partial charge on any atom is -0.493 e. The van der Waals surface area contributed by atoms with Crippen LogP contribution in [0.25, 0.3) is 0 Å². The number of aryl methyl sites for hydroxylation is 2. The van der Waals surface area contributed by atoms with Crippen LogP contribution in [0.1, 0.15) is 11.1 Å². The average Bonchev–Trinajstić information content (AvgIpc) is 2.74. The summed E-state index contributed by atoms with van der Waals surface area (Å²) in [6.45, 7) is -0.316. The van der Waals surface area contributed by atoms with E-state index in [1.807, 2.05) is 24.3 Å². The van der Waals surface area contributed by atoms with Gasteiger partial charge in [-0.15, -0.1) is 0 Å². The highest BCUT2D eigenvalue weighted by atomic mass is 16.5. The fourth-order valence-corrected chi connectivity index (χ4v) is 2.73. The summed E-state index contributed by atoms with van der Waals surface area (Å²) in [5.41, 5.74) is 3.54. The molecule has 0 unspecified atom stereocenters. The van der Waals surface area contributed by atoms with Crippen molar-refractivity contribution in [3.05, 3.63) is 41.5 Å². The summed E-state index contributed by atoms with van der Waals surface area (Å²) < 4.78 is 26.8. The number of methoxy groups -OCH3 is 4. The van der Waals surface area contributed by atoms with Crippen molar-refractivity contribution < 1.29 is 33.7 Å². The first-order chi connectivity index (χ1) is 13.6. The van der Waals surface area contributed by atoms with E-state index in [2.05, 4.69) is 0 Å². The van der Waals surface area contributed by atoms with E-state index in [0.29, 0.717) is 35.2 Å². The van der Waals surface area contributed by atoms with E-state index in [1.54, 1.807) is 27.4 Å². The minimum absolute atomic E-state index is 0.316. The fraction of sp³-hybridized carbons (Fsp3) is 0.350. The fourth-order valence-electron chi connectivity index (χ4n) is 2.73. The summed E-state index contributed by atoms with van der Waals surface area (Å²) in [5.74, 6) is 2.04. The third kappa shape index (κ3) is 5.20. The molecule has 0 atom stereocenters. The molecule has 2 rings (SSSR count). The van der Waals surface area contributed by atoms with E-state index >= 15 is 0 Å². The molecule has 0 aromatic heterocycles. The number of hydrogen-bond acceptors (Lipinski definition) is 7. The van der Waals surface area contributed by atoms with Crippen molar-refractivity contribution in [2.24, 2.45) is 0 Å². The van der Waals surface area contributed by atoms with Crippen molar-refractivity contribution in [1.82, 2.24) is 5.48 Å². The van der Waals surface area contributed by atoms with Crippen LogP contribution in [0, 0.1) is 0 Å². The van der Waals surface area contributed by atoms with Gasteiger partial charge in [0.15, 0.2) is 29.6 Å². The Balaban J connectivity index is 2.16. The first kappa shape index (κ1) is 21.2. The van der Waals surface area contributed by atoms with E-state index < -0.39 is 5.91 Å². The molecule has 28 heavy (non-hydrogen) atoms. The maximum Gasteiger partial charge on any atom is 0.281 e. The topological polar surface area (TPSA) is 95.5 Å². The predicted octanol–water partition coefficient (Wildman–Crippen LogP) is 2.39. The third-order valence-corrected chi connectivity index (χ3v) is 4.14. The van der Waals surface area contributed by atoms with Gasteiger partial charge < -0.3 is 23.7 Å². The Hall–Kier alpha value is -3.13. The van der Waals surface area contributed by atoms with E-state index in [9.17, 15) is 4.79 Å². The summed E-state index contributed by atoms with van der Waals surface area (Å²) in [7, 11) is 6.24. The van der Waals surface area contributed by atoms with Crippen LogP contribution in [0.2, 0.25) is 0 Å². The SMILES string of the molecule is COc1ccc(CCc2cc(OC)c(OC)c(OC)c2)cc1OCC(=O)NO. The Morgan fingerprint density at radius 3 is 1.93 bits per heavy atom. The second-order valence-electron chi connectivity index (χ2n) is 5.84. The first-order valence-corrected chi connectivity index (χ1v) is 8.57. The largest absolute Gasteiger partial charge is 0.493 e. The molecule has 0 aliphatic rings. The molecule has 8 heteroatoms. The van der Waals surface area contributed by atoms with Gasteiger partial charge in [0.25, 0.3) is 5.91 Å². The van der Waals surface area contributed by atoms with Crippen LogP contribution in [0.3, 0.4) is 0 Å². The Morgan fingerprint density at radius 2 is 1.39 bits per heavy atom. The number of hydroxylamine groups is 1. The van der Waals surface area contributed by atoms with Gasteiger partial charge in [-0.1, -0.05) is 6.07 Å². The van der Waals surface area contributed by atoms with Crippen molar-refractivity contribution in [3.63, 3.8) is 0 Å². The average molecular weight is 391 g/mol. The van der Waals surface area contributed by atoms with Gasteiger partial charge >= 0.3 is 0 Å². The van der Waals surface area contributed by atoms with Crippen LogP contribution in [0.4, 0.5) is 0 Å². The molecule has 8 nitrogen and oxygen atoms in total. The van der Waals surface area contributed by atoms with Gasteiger partial charge in [0.2, 0.25) is 5.75 Å². The molecule has 0 aliphatic heterocycles. The van der Waals surface area contributed by atoms with Gasteiger partial charge in [-0.3, -0.25) is 10.0 Å². The highest BCUT2D eigenvalue weighted by molar-refractivity contribution is 5.76. The predicted molar refractivity (Wildman–Crippen MR) is 102 cm³/mol. The monoisotopic (exact) mass is 391 g/mol. The number of carbonyl (C=O) groups is 1. The molecule has 0 saturated carbocycles. The number of carbonyl (C=O) groups excluding carboxylic acids is 1. The molecular formula is C20H25NO7. The van der Waals surface area contributed by atoms with Crippen LogP contribution in [-0.2, 0) is 17.6 Å². The molecule has 0 bridgehead atoms. The zero-order valence-electron chi connectivity index (χ0n) is 16.4. The smallest absolute Gasteiger partial charge is 0.281 e. The van der Waals surface area contributed by atoms with Gasteiger partial charge in [-0.2, -0.15) is 0 Å². The molecule has 1 amide bonds. The van der Waals surface area contributed by atoms with Crippen molar-refractivity contribution in [1.29, 1.82) is 0 Å². The molecule has 0 heterocycles. The molecule has 2 aromatic rings. The molecule has 152 valence electrons. The maximum atomic E-state index is 11.2. The summed E-state index contributed by atoms with van der Waals surface area (Å²) in [4.78, 5) is 11.2. The minimum atomic E-state index is -0.648. The van der Waals surface area contributed by atoms with Crippen molar-refractivity contribution >= 4 is 5.91 Å². The lowest BCUT2D eigenvalue weighted by molar-refractivity contribution is -0.131. The summed E-state index contributed by atoms with van der Waals surface area (Å²) >= 11 is 0. The Kier molecular flexibility index (Phi) is 7.76. The van der Waals surface area contributed by atoms with Crippen LogP contribution in [0.15, 0.2) is 30.3 Å². The molecule has 0 aliphatic carbocycles. The Labute approximate surface area is 163 Å². The summed E-state index contributed by atoms with van der Waals surface area (Å²) in [5, 5.41) is 8.59. The van der Waals surface area contributed by atoms with E-state index in [0.717, 1.165) is 17.5 Å². The third-order valence-electron chi connectivity index (χ3n) is 4.14. The zero-order chi connectivity index (χ0) is 20.5. The molecule has 0 radical (unpaired) electrons. The van der Waals surface area contributed by atoms with Crippen molar-refractivity contribution in [2.75, 3.05) is 35.0 Å². The molecule has 2 aromatic carbocycles. The second-order valence-corrected chi connectivity index (χ2v) is 5.84. The van der Waals surface area contributed by atoms with Gasteiger partial charge in [0.1, 0.15) is 0 Å². The van der Waals surface area contributed by atoms with Gasteiger partial charge in [0.05, 0.1) is 28.4 Å². The van der Waals surface area contributed by atoms with Crippen molar-refractivity contribution in [2.45, 2.75) is 12.8 Å². The van der Waals surface area contributed by atoms with E-state index in [1.165, 1.54) is 12.6 Å². The summed E-state index contributed by atoms with van der Waals surface area (Å²) in [6, 6.07) is 9.33. The van der Waals surface area contributed by atoms with Gasteiger partial charge in [-0.25, -0.2) is 5.48 Å². The van der Waals surface area contributed by atoms with E-state index in [4.69, 9.17) is 28.9 Å². The lowest BCUT2D eigenvalue weighted by atomic mass is 10.0.